The summed E-state index contributed by atoms with van der Waals surface area (Å²) < 4.78 is 5.21. The molecule has 4 aromatic rings. The lowest BCUT2D eigenvalue weighted by atomic mass is 9.52. The molecule has 180 valence electrons. The summed E-state index contributed by atoms with van der Waals surface area (Å²) >= 11 is 0. The van der Waals surface area contributed by atoms with Gasteiger partial charge in [-0.05, 0) is 61.6 Å². The lowest BCUT2D eigenvalue weighted by Gasteiger charge is -2.51. The molecule has 0 fully saturated rings. The first kappa shape index (κ1) is 23.4. The van der Waals surface area contributed by atoms with Crippen LogP contribution in [0.15, 0.2) is 30.3 Å². The molecule has 2 nitrogen and oxygen atoms in total. The summed E-state index contributed by atoms with van der Waals surface area (Å²) in [5.41, 5.74) is 10.1. The third-order valence-corrected chi connectivity index (χ3v) is 10.1. The maximum atomic E-state index is 2.63. The van der Waals surface area contributed by atoms with Gasteiger partial charge in [0.1, 0.15) is 0 Å². The molecule has 34 heavy (non-hydrogen) atoms. The fourth-order valence-corrected chi connectivity index (χ4v) is 7.18. The second-order valence-electron chi connectivity index (χ2n) is 13.0. The largest absolute Gasteiger partial charge is 0.250 e. The van der Waals surface area contributed by atoms with Gasteiger partial charge in [0.2, 0.25) is 11.0 Å². The van der Waals surface area contributed by atoms with Crippen LogP contribution < -0.4 is 4.52 Å². The van der Waals surface area contributed by atoms with Gasteiger partial charge in [-0.15, -0.1) is 4.68 Å². The summed E-state index contributed by atoms with van der Waals surface area (Å²) in [6.45, 7) is 28.9. The SMILES string of the molecule is Cc1ccc2c3c1c1cccc(C(C)C)c1[n+]1c3c(c(C)n1C(C)C)C(C)(C)C(C)(C)C2(C)C. The molecule has 0 saturated carbocycles. The van der Waals surface area contributed by atoms with Crippen LogP contribution in [0.25, 0.3) is 27.2 Å². The van der Waals surface area contributed by atoms with Crippen molar-refractivity contribution in [2.24, 2.45) is 5.41 Å². The Hall–Kier alpha value is -2.35. The van der Waals surface area contributed by atoms with Gasteiger partial charge in [0, 0.05) is 16.4 Å². The second-order valence-corrected chi connectivity index (χ2v) is 13.0. The third kappa shape index (κ3) is 2.50. The van der Waals surface area contributed by atoms with Crippen LogP contribution in [0.2, 0.25) is 0 Å². The normalized spacial score (nSPS) is 18.6. The third-order valence-electron chi connectivity index (χ3n) is 10.1. The highest BCUT2D eigenvalue weighted by atomic mass is 15.4. The topological polar surface area (TPSA) is 9.03 Å². The molecule has 0 N–H and O–H groups in total. The van der Waals surface area contributed by atoms with Crippen molar-refractivity contribution in [3.63, 3.8) is 0 Å². The highest BCUT2D eigenvalue weighted by molar-refractivity contribution is 6.14. The van der Waals surface area contributed by atoms with Crippen LogP contribution in [0.1, 0.15) is 109 Å². The van der Waals surface area contributed by atoms with Gasteiger partial charge in [-0.1, -0.05) is 84.2 Å². The Balaban J connectivity index is 2.30. The number of aryl methyl sites for hydroxylation is 1. The van der Waals surface area contributed by atoms with E-state index < -0.39 is 0 Å². The van der Waals surface area contributed by atoms with E-state index in [9.17, 15) is 0 Å². The van der Waals surface area contributed by atoms with E-state index in [1.165, 1.54) is 55.1 Å². The zero-order valence-corrected chi connectivity index (χ0v) is 23.4. The lowest BCUT2D eigenvalue weighted by Crippen LogP contribution is -2.49. The summed E-state index contributed by atoms with van der Waals surface area (Å²) in [6.07, 6.45) is 0. The molecule has 0 unspecified atom stereocenters. The molecule has 2 aromatic heterocycles. The predicted molar refractivity (Wildman–Crippen MR) is 146 cm³/mol. The van der Waals surface area contributed by atoms with E-state index in [1.54, 1.807) is 0 Å². The van der Waals surface area contributed by atoms with Gasteiger partial charge < -0.3 is 0 Å². The van der Waals surface area contributed by atoms with Crippen LogP contribution in [0.4, 0.5) is 0 Å². The Morgan fingerprint density at radius 2 is 1.41 bits per heavy atom. The molecule has 2 heterocycles. The standard InChI is InChI=1S/C32H43N2/c1-18(2)22-14-13-15-23-25-20(5)16-17-24-26(25)29-27(31(9,10)32(11,12)30(24,7)8)21(6)33(19(3)4)34(29)28(22)23/h13-19H,1-12H3/q+1. The van der Waals surface area contributed by atoms with Crippen molar-refractivity contribution < 1.29 is 4.52 Å². The molecule has 0 spiro atoms. The lowest BCUT2D eigenvalue weighted by molar-refractivity contribution is -0.586. The number of nitrogens with zero attached hydrogens (tertiary/aromatic N) is 2. The van der Waals surface area contributed by atoms with Crippen LogP contribution in [-0.2, 0) is 10.8 Å². The molecule has 1 aliphatic carbocycles. The van der Waals surface area contributed by atoms with E-state index >= 15 is 0 Å². The summed E-state index contributed by atoms with van der Waals surface area (Å²) in [4.78, 5) is 0. The van der Waals surface area contributed by atoms with E-state index in [2.05, 4.69) is 123 Å². The fourth-order valence-electron chi connectivity index (χ4n) is 7.18. The maximum Gasteiger partial charge on any atom is 0.250 e. The van der Waals surface area contributed by atoms with Gasteiger partial charge in [-0.25, -0.2) is 0 Å². The number of benzene rings is 2. The molecule has 2 heteroatoms. The van der Waals surface area contributed by atoms with Crippen LogP contribution in [-0.4, -0.2) is 4.68 Å². The fraction of sp³-hybridized carbons (Fsp3) is 0.531. The van der Waals surface area contributed by atoms with Crippen LogP contribution in [0.5, 0.6) is 0 Å². The average Bonchev–Trinajstić information content (AvgIpc) is 3.04. The second kappa shape index (κ2) is 6.86. The van der Waals surface area contributed by atoms with E-state index in [4.69, 9.17) is 0 Å². The van der Waals surface area contributed by atoms with Gasteiger partial charge in [0.25, 0.3) is 0 Å². The zero-order valence-electron chi connectivity index (χ0n) is 23.4. The molecule has 1 aliphatic rings. The Labute approximate surface area is 206 Å². The Bertz CT molecular complexity index is 1490. The number of pyridine rings is 1. The molecule has 0 saturated heterocycles. The first-order valence-electron chi connectivity index (χ1n) is 13.1. The van der Waals surface area contributed by atoms with Crippen LogP contribution in [0, 0.1) is 19.3 Å². The monoisotopic (exact) mass is 455 g/mol. The summed E-state index contributed by atoms with van der Waals surface area (Å²) in [6, 6.07) is 12.1. The maximum absolute atomic E-state index is 2.63. The summed E-state index contributed by atoms with van der Waals surface area (Å²) in [5.74, 6) is 0.450. The van der Waals surface area contributed by atoms with Crippen LogP contribution >= 0.6 is 0 Å². The molecule has 0 amide bonds. The van der Waals surface area contributed by atoms with E-state index in [1.807, 2.05) is 0 Å². The van der Waals surface area contributed by atoms with Crippen molar-refractivity contribution >= 4 is 27.2 Å². The van der Waals surface area contributed by atoms with Crippen molar-refractivity contribution in [3.05, 3.63) is 58.3 Å². The molecular formula is C32H43N2+. The van der Waals surface area contributed by atoms with E-state index in [0.717, 1.165) is 0 Å². The minimum Gasteiger partial charge on any atom is -0.149 e. The molecule has 0 radical (unpaired) electrons. The number of hydrogen-bond donors (Lipinski definition) is 0. The Morgan fingerprint density at radius 1 is 0.765 bits per heavy atom. The van der Waals surface area contributed by atoms with Gasteiger partial charge >= 0.3 is 0 Å². The first-order valence-corrected chi connectivity index (χ1v) is 13.1. The predicted octanol–water partition coefficient (Wildman–Crippen LogP) is 8.45. The minimum absolute atomic E-state index is 0.000393. The van der Waals surface area contributed by atoms with E-state index in [0.29, 0.717) is 12.0 Å². The molecule has 0 aliphatic heterocycles. The van der Waals surface area contributed by atoms with Gasteiger partial charge in [-0.3, -0.25) is 0 Å². The molecule has 5 rings (SSSR count). The van der Waals surface area contributed by atoms with Gasteiger partial charge in [0.05, 0.1) is 28.1 Å². The number of para-hydroxylation sites is 1. The van der Waals surface area contributed by atoms with Gasteiger partial charge in [-0.2, -0.15) is 0 Å². The summed E-state index contributed by atoms with van der Waals surface area (Å²) in [5, 5.41) is 4.30. The number of fused-ring (bicyclic) bond motifs is 3. The Kier molecular flexibility index (Phi) is 4.72. The highest BCUT2D eigenvalue weighted by Crippen LogP contribution is 2.59. The number of aromatic nitrogens is 2. The molecule has 0 atom stereocenters. The van der Waals surface area contributed by atoms with Crippen molar-refractivity contribution in [2.75, 3.05) is 0 Å². The number of rotatable bonds is 2. The van der Waals surface area contributed by atoms with Gasteiger partial charge in [0.15, 0.2) is 0 Å². The average molecular weight is 456 g/mol. The van der Waals surface area contributed by atoms with E-state index in [-0.39, 0.29) is 16.2 Å². The molecule has 2 aromatic carbocycles. The Morgan fingerprint density at radius 3 is 2.00 bits per heavy atom. The van der Waals surface area contributed by atoms with Crippen LogP contribution in [0.3, 0.4) is 0 Å². The molecule has 0 bridgehead atoms. The number of hydrogen-bond acceptors (Lipinski definition) is 0. The highest BCUT2D eigenvalue weighted by Gasteiger charge is 2.56. The first-order chi connectivity index (χ1) is 15.7. The zero-order chi connectivity index (χ0) is 25.1. The van der Waals surface area contributed by atoms with Crippen molar-refractivity contribution in [1.82, 2.24) is 4.68 Å². The molecular weight excluding hydrogens is 412 g/mol. The van der Waals surface area contributed by atoms with Crippen molar-refractivity contribution in [1.29, 1.82) is 0 Å². The smallest absolute Gasteiger partial charge is 0.149 e. The van der Waals surface area contributed by atoms with Crippen molar-refractivity contribution in [2.45, 2.75) is 106 Å². The minimum atomic E-state index is -0.0215. The van der Waals surface area contributed by atoms with Crippen molar-refractivity contribution in [3.8, 4) is 0 Å². The summed E-state index contributed by atoms with van der Waals surface area (Å²) in [7, 11) is 0. The quantitative estimate of drug-likeness (QED) is 0.212.